The average molecular weight is 434 g/mol. The van der Waals surface area contributed by atoms with Crippen molar-refractivity contribution in [2.75, 3.05) is 44.2 Å². The molecule has 0 atom stereocenters. The highest BCUT2D eigenvalue weighted by molar-refractivity contribution is 14.0. The third-order valence-corrected chi connectivity index (χ3v) is 3.71. The molecule has 1 saturated heterocycles. The molecule has 1 aromatic rings. The second-order valence-electron chi connectivity index (χ2n) is 6.04. The summed E-state index contributed by atoms with van der Waals surface area (Å²) in [7, 11) is 0. The van der Waals surface area contributed by atoms with E-state index in [0.717, 1.165) is 50.9 Å². The van der Waals surface area contributed by atoms with Gasteiger partial charge in [-0.3, -0.25) is 4.99 Å². The molecule has 0 unspecified atom stereocenters. The first-order valence-electron chi connectivity index (χ1n) is 8.14. The molecule has 23 heavy (non-hydrogen) atoms. The van der Waals surface area contributed by atoms with Crippen molar-refractivity contribution in [1.29, 1.82) is 0 Å². The van der Waals surface area contributed by atoms with E-state index >= 15 is 0 Å². The van der Waals surface area contributed by atoms with Crippen molar-refractivity contribution < 1.29 is 4.39 Å². The first-order valence-corrected chi connectivity index (χ1v) is 8.14. The van der Waals surface area contributed by atoms with Gasteiger partial charge in [0.2, 0.25) is 0 Å². The number of nitrogens with one attached hydrogen (secondary N) is 1. The molecule has 0 aliphatic carbocycles. The van der Waals surface area contributed by atoms with Gasteiger partial charge in [-0.2, -0.15) is 0 Å². The van der Waals surface area contributed by atoms with Gasteiger partial charge in [0.05, 0.1) is 0 Å². The first-order chi connectivity index (χ1) is 10.6. The van der Waals surface area contributed by atoms with Crippen molar-refractivity contribution in [1.82, 2.24) is 10.2 Å². The predicted molar refractivity (Wildman–Crippen MR) is 106 cm³/mol. The summed E-state index contributed by atoms with van der Waals surface area (Å²) in [6.07, 6.45) is 0. The average Bonchev–Trinajstić information content (AvgIpc) is 2.52. The number of rotatable bonds is 4. The minimum atomic E-state index is -0.183. The lowest BCUT2D eigenvalue weighted by atomic mass is 10.2. The summed E-state index contributed by atoms with van der Waals surface area (Å²) in [6.45, 7) is 11.9. The Hall–Kier alpha value is -1.05. The van der Waals surface area contributed by atoms with E-state index in [-0.39, 0.29) is 29.8 Å². The van der Waals surface area contributed by atoms with E-state index in [1.54, 1.807) is 0 Å². The molecule has 1 aliphatic heterocycles. The summed E-state index contributed by atoms with van der Waals surface area (Å²) in [4.78, 5) is 9.31. The fraction of sp³-hybridized carbons (Fsp3) is 0.588. The highest BCUT2D eigenvalue weighted by Gasteiger charge is 2.19. The molecule has 0 amide bonds. The van der Waals surface area contributed by atoms with Gasteiger partial charge < -0.3 is 15.1 Å². The topological polar surface area (TPSA) is 30.9 Å². The van der Waals surface area contributed by atoms with E-state index in [1.807, 2.05) is 12.1 Å². The Bertz CT molecular complexity index is 482. The number of hydrogen-bond donors (Lipinski definition) is 1. The molecule has 4 nitrogen and oxygen atoms in total. The Labute approximate surface area is 156 Å². The van der Waals surface area contributed by atoms with E-state index in [2.05, 4.69) is 35.9 Å². The monoisotopic (exact) mass is 434 g/mol. The molecule has 1 aliphatic rings. The Balaban J connectivity index is 0.00000264. The van der Waals surface area contributed by atoms with Gasteiger partial charge in [0.15, 0.2) is 5.96 Å². The minimum Gasteiger partial charge on any atom is -0.368 e. The maximum atomic E-state index is 13.0. The van der Waals surface area contributed by atoms with Crippen LogP contribution in [0.2, 0.25) is 0 Å². The molecule has 6 heteroatoms. The Kier molecular flexibility index (Phi) is 8.65. The molecule has 1 aromatic carbocycles. The van der Waals surface area contributed by atoms with Crippen LogP contribution in [0.25, 0.3) is 0 Å². The SMILES string of the molecule is CCNC(=NCC(C)C)N1CCN(c2ccc(F)cc2)CC1.I. The number of benzene rings is 1. The lowest BCUT2D eigenvalue weighted by Crippen LogP contribution is -2.52. The van der Waals surface area contributed by atoms with Gasteiger partial charge in [-0.05, 0) is 37.1 Å². The molecule has 0 spiro atoms. The molecule has 1 N–H and O–H groups in total. The van der Waals surface area contributed by atoms with Crippen molar-refractivity contribution in [2.45, 2.75) is 20.8 Å². The smallest absolute Gasteiger partial charge is 0.194 e. The molecule has 1 heterocycles. The summed E-state index contributed by atoms with van der Waals surface area (Å²) in [5.74, 6) is 1.39. The summed E-state index contributed by atoms with van der Waals surface area (Å²) in [6, 6.07) is 6.75. The summed E-state index contributed by atoms with van der Waals surface area (Å²) < 4.78 is 13.0. The maximum Gasteiger partial charge on any atom is 0.194 e. The van der Waals surface area contributed by atoms with Crippen molar-refractivity contribution in [3.05, 3.63) is 30.1 Å². The molecule has 0 radical (unpaired) electrons. The third kappa shape index (κ3) is 6.16. The lowest BCUT2D eigenvalue weighted by Gasteiger charge is -2.37. The van der Waals surface area contributed by atoms with Gasteiger partial charge in [-0.25, -0.2) is 4.39 Å². The molecule has 0 aromatic heterocycles. The van der Waals surface area contributed by atoms with Crippen LogP contribution < -0.4 is 10.2 Å². The lowest BCUT2D eigenvalue weighted by molar-refractivity contribution is 0.371. The molecular formula is C17H28FIN4. The standard InChI is InChI=1S/C17H27FN4.HI/c1-4-19-17(20-13-14(2)3)22-11-9-21(10-12-22)16-7-5-15(18)6-8-16;/h5-8,14H,4,9-13H2,1-3H3,(H,19,20);1H. The van der Waals surface area contributed by atoms with Crippen LogP contribution in [-0.4, -0.2) is 50.1 Å². The first kappa shape index (κ1) is 20.0. The molecule has 0 saturated carbocycles. The largest absolute Gasteiger partial charge is 0.368 e. The Morgan fingerprint density at radius 1 is 1.17 bits per heavy atom. The highest BCUT2D eigenvalue weighted by Crippen LogP contribution is 2.17. The predicted octanol–water partition coefficient (Wildman–Crippen LogP) is 3.19. The second-order valence-corrected chi connectivity index (χ2v) is 6.04. The third-order valence-electron chi connectivity index (χ3n) is 3.71. The number of nitrogens with zero attached hydrogens (tertiary/aromatic N) is 3. The van der Waals surface area contributed by atoms with Crippen LogP contribution in [0.5, 0.6) is 0 Å². The van der Waals surface area contributed by atoms with Crippen LogP contribution in [0.3, 0.4) is 0 Å². The van der Waals surface area contributed by atoms with Crippen LogP contribution in [0.1, 0.15) is 20.8 Å². The van der Waals surface area contributed by atoms with Gasteiger partial charge in [0, 0.05) is 45.0 Å². The zero-order valence-corrected chi connectivity index (χ0v) is 16.6. The number of piperazine rings is 1. The van der Waals surface area contributed by atoms with Crippen LogP contribution in [0.15, 0.2) is 29.3 Å². The molecule has 130 valence electrons. The maximum absolute atomic E-state index is 13.0. The number of guanidine groups is 1. The van der Waals surface area contributed by atoms with E-state index in [4.69, 9.17) is 4.99 Å². The summed E-state index contributed by atoms with van der Waals surface area (Å²) in [5.41, 5.74) is 1.09. The second kappa shape index (κ2) is 9.95. The fourth-order valence-corrected chi connectivity index (χ4v) is 2.52. The number of aliphatic imine (C=N–C) groups is 1. The van der Waals surface area contributed by atoms with Crippen molar-refractivity contribution in [3.8, 4) is 0 Å². The van der Waals surface area contributed by atoms with E-state index in [9.17, 15) is 4.39 Å². The van der Waals surface area contributed by atoms with Gasteiger partial charge in [-0.15, -0.1) is 24.0 Å². The molecule has 2 rings (SSSR count). The molecule has 0 bridgehead atoms. The van der Waals surface area contributed by atoms with E-state index in [1.165, 1.54) is 12.1 Å². The van der Waals surface area contributed by atoms with E-state index < -0.39 is 0 Å². The zero-order chi connectivity index (χ0) is 15.9. The number of anilines is 1. The molecule has 1 fully saturated rings. The minimum absolute atomic E-state index is 0. The van der Waals surface area contributed by atoms with Crippen LogP contribution in [0, 0.1) is 11.7 Å². The van der Waals surface area contributed by atoms with Gasteiger partial charge in [0.1, 0.15) is 5.82 Å². The van der Waals surface area contributed by atoms with Gasteiger partial charge in [0.25, 0.3) is 0 Å². The van der Waals surface area contributed by atoms with Crippen LogP contribution in [0.4, 0.5) is 10.1 Å². The highest BCUT2D eigenvalue weighted by atomic mass is 127. The van der Waals surface area contributed by atoms with Gasteiger partial charge in [-0.1, -0.05) is 13.8 Å². The van der Waals surface area contributed by atoms with Crippen molar-refractivity contribution >= 4 is 35.6 Å². The van der Waals surface area contributed by atoms with Crippen molar-refractivity contribution in [2.24, 2.45) is 10.9 Å². The summed E-state index contributed by atoms with van der Waals surface area (Å²) >= 11 is 0. The number of halogens is 2. The fourth-order valence-electron chi connectivity index (χ4n) is 2.52. The van der Waals surface area contributed by atoms with Crippen LogP contribution >= 0.6 is 24.0 Å². The molecular weight excluding hydrogens is 406 g/mol. The van der Waals surface area contributed by atoms with Crippen LogP contribution in [-0.2, 0) is 0 Å². The Morgan fingerprint density at radius 3 is 2.30 bits per heavy atom. The quantitative estimate of drug-likeness (QED) is 0.449. The Morgan fingerprint density at radius 2 is 1.78 bits per heavy atom. The van der Waals surface area contributed by atoms with E-state index in [0.29, 0.717) is 5.92 Å². The number of hydrogen-bond acceptors (Lipinski definition) is 2. The van der Waals surface area contributed by atoms with Crippen molar-refractivity contribution in [3.63, 3.8) is 0 Å². The summed E-state index contributed by atoms with van der Waals surface area (Å²) in [5, 5.41) is 3.38. The normalized spacial score (nSPS) is 15.6. The zero-order valence-electron chi connectivity index (χ0n) is 14.3. The van der Waals surface area contributed by atoms with Gasteiger partial charge >= 0.3 is 0 Å².